The molecule has 1 aromatic carbocycles. The maximum absolute atomic E-state index is 12.7. The second-order valence-electron chi connectivity index (χ2n) is 6.92. The summed E-state index contributed by atoms with van der Waals surface area (Å²) >= 11 is 0. The third-order valence-electron chi connectivity index (χ3n) is 5.15. The Labute approximate surface area is 164 Å². The summed E-state index contributed by atoms with van der Waals surface area (Å²) in [5, 5.41) is 23.2. The van der Waals surface area contributed by atoms with E-state index in [1.54, 1.807) is 17.6 Å². The highest BCUT2D eigenvalue weighted by atomic mass is 16.3. The molecule has 1 saturated carbocycles. The largest absolute Gasteiger partial charge is 0.443 e. The predicted octanol–water partition coefficient (Wildman–Crippen LogP) is 1.91. The predicted molar refractivity (Wildman–Crippen MR) is 106 cm³/mol. The Kier molecular flexibility index (Phi) is 4.06. The van der Waals surface area contributed by atoms with Crippen molar-refractivity contribution in [2.45, 2.75) is 25.0 Å². The first kappa shape index (κ1) is 17.4. The van der Waals surface area contributed by atoms with Gasteiger partial charge < -0.3 is 25.5 Å². The van der Waals surface area contributed by atoms with E-state index in [9.17, 15) is 9.90 Å². The zero-order chi connectivity index (χ0) is 20.0. The normalized spacial score (nSPS) is 18.6. The first-order valence-electron chi connectivity index (χ1n) is 9.29. The number of aliphatic hydroxyl groups excluding tert-OH is 1. The lowest BCUT2D eigenvalue weighted by Gasteiger charge is -2.32. The van der Waals surface area contributed by atoms with Crippen LogP contribution in [0.2, 0.25) is 0 Å². The maximum atomic E-state index is 12.7. The van der Waals surface area contributed by atoms with Crippen LogP contribution in [0.4, 0.5) is 17.3 Å². The van der Waals surface area contributed by atoms with Crippen LogP contribution >= 0.6 is 0 Å². The zero-order valence-corrected chi connectivity index (χ0v) is 15.6. The Balaban J connectivity index is 1.52. The van der Waals surface area contributed by atoms with Crippen molar-refractivity contribution in [1.29, 1.82) is 0 Å². The number of aliphatic hydroxyl groups is 1. The fourth-order valence-corrected chi connectivity index (χ4v) is 3.39. The molecule has 3 heterocycles. The smallest absolute Gasteiger partial charge is 0.257 e. The van der Waals surface area contributed by atoms with Gasteiger partial charge in [-0.05, 0) is 25.0 Å². The summed E-state index contributed by atoms with van der Waals surface area (Å²) in [6, 6.07) is 7.12. The van der Waals surface area contributed by atoms with Crippen molar-refractivity contribution in [1.82, 2.24) is 24.9 Å². The number of carbonyl (C=O) groups is 1. The van der Waals surface area contributed by atoms with Gasteiger partial charge in [0.25, 0.3) is 5.91 Å². The van der Waals surface area contributed by atoms with Crippen molar-refractivity contribution in [2.75, 3.05) is 17.7 Å². The van der Waals surface area contributed by atoms with Gasteiger partial charge in [0.15, 0.2) is 17.6 Å². The number of amides is 1. The molecule has 0 aliphatic heterocycles. The molecular formula is C19H19N7O3. The van der Waals surface area contributed by atoms with Crippen LogP contribution in [0.1, 0.15) is 23.2 Å². The molecule has 148 valence electrons. The fraction of sp³-hybridized carbons (Fsp3) is 0.263. The molecular weight excluding hydrogens is 374 g/mol. The van der Waals surface area contributed by atoms with Crippen LogP contribution in [-0.4, -0.2) is 49.8 Å². The summed E-state index contributed by atoms with van der Waals surface area (Å²) in [6.07, 6.45) is 3.83. The lowest BCUT2D eigenvalue weighted by molar-refractivity contribution is 0.0448. The quantitative estimate of drug-likeness (QED) is 0.405. The lowest BCUT2D eigenvalue weighted by Crippen LogP contribution is -2.50. The van der Waals surface area contributed by atoms with E-state index in [4.69, 9.17) is 4.42 Å². The van der Waals surface area contributed by atoms with E-state index >= 15 is 0 Å². The van der Waals surface area contributed by atoms with E-state index in [-0.39, 0.29) is 11.9 Å². The van der Waals surface area contributed by atoms with Gasteiger partial charge in [0, 0.05) is 13.1 Å². The van der Waals surface area contributed by atoms with Crippen molar-refractivity contribution in [3.8, 4) is 0 Å². The number of benzene rings is 1. The van der Waals surface area contributed by atoms with Crippen molar-refractivity contribution in [3.05, 3.63) is 42.4 Å². The number of carbonyl (C=O) groups excluding carboxylic acids is 1. The minimum atomic E-state index is -0.498. The van der Waals surface area contributed by atoms with Crippen LogP contribution in [0.5, 0.6) is 0 Å². The monoisotopic (exact) mass is 393 g/mol. The van der Waals surface area contributed by atoms with Gasteiger partial charge in [-0.3, -0.25) is 4.79 Å². The lowest BCUT2D eigenvalue weighted by atomic mass is 9.89. The number of hydrogen-bond acceptors (Lipinski definition) is 8. The van der Waals surface area contributed by atoms with E-state index in [0.29, 0.717) is 40.4 Å². The molecule has 2 atom stereocenters. The summed E-state index contributed by atoms with van der Waals surface area (Å²) < 4.78 is 6.90. The van der Waals surface area contributed by atoms with Gasteiger partial charge >= 0.3 is 0 Å². The van der Waals surface area contributed by atoms with Crippen LogP contribution in [0.3, 0.4) is 0 Å². The number of para-hydroxylation sites is 1. The van der Waals surface area contributed by atoms with Crippen molar-refractivity contribution in [2.24, 2.45) is 0 Å². The van der Waals surface area contributed by atoms with E-state index in [0.717, 1.165) is 12.1 Å². The topological polar surface area (TPSA) is 130 Å². The molecule has 1 unspecified atom stereocenters. The summed E-state index contributed by atoms with van der Waals surface area (Å²) in [4.78, 5) is 21.5. The highest BCUT2D eigenvalue weighted by Crippen LogP contribution is 2.27. The number of fused-ring (bicyclic) bond motifs is 2. The molecule has 4 aromatic rings. The molecule has 10 nitrogen and oxygen atoms in total. The third-order valence-corrected chi connectivity index (χ3v) is 5.15. The zero-order valence-electron chi connectivity index (χ0n) is 15.6. The average molecular weight is 393 g/mol. The Morgan fingerprint density at radius 1 is 1.34 bits per heavy atom. The average Bonchev–Trinajstić information content (AvgIpc) is 3.37. The molecule has 4 N–H and O–H groups in total. The van der Waals surface area contributed by atoms with E-state index in [1.165, 1.54) is 12.6 Å². The minimum absolute atomic E-state index is 0.229. The second-order valence-corrected chi connectivity index (χ2v) is 6.92. The van der Waals surface area contributed by atoms with Crippen LogP contribution in [0.15, 0.2) is 41.3 Å². The molecule has 0 radical (unpaired) electrons. The number of oxazole rings is 1. The van der Waals surface area contributed by atoms with Crippen molar-refractivity contribution < 1.29 is 14.3 Å². The van der Waals surface area contributed by atoms with Gasteiger partial charge in [-0.1, -0.05) is 6.07 Å². The Morgan fingerprint density at radius 2 is 2.24 bits per heavy atom. The molecule has 29 heavy (non-hydrogen) atoms. The van der Waals surface area contributed by atoms with Crippen LogP contribution in [0, 0.1) is 0 Å². The Morgan fingerprint density at radius 3 is 3.00 bits per heavy atom. The molecule has 1 amide bonds. The first-order chi connectivity index (χ1) is 14.1. The van der Waals surface area contributed by atoms with E-state index in [1.807, 2.05) is 18.2 Å². The summed E-state index contributed by atoms with van der Waals surface area (Å²) in [5.74, 6) is 0.872. The SMILES string of the molecule is CNc1cc(Nc2cccc3ocnc23)nc2c(C(=O)NC3CC[C@H]3O)cnn12. The van der Waals surface area contributed by atoms with Crippen molar-refractivity contribution >= 4 is 40.0 Å². The molecule has 1 aliphatic carbocycles. The summed E-state index contributed by atoms with van der Waals surface area (Å²) in [7, 11) is 1.77. The number of nitrogens with one attached hydrogen (secondary N) is 3. The van der Waals surface area contributed by atoms with Crippen LogP contribution < -0.4 is 16.0 Å². The maximum Gasteiger partial charge on any atom is 0.257 e. The van der Waals surface area contributed by atoms with E-state index in [2.05, 4.69) is 31.0 Å². The number of anilines is 3. The highest BCUT2D eigenvalue weighted by molar-refractivity contribution is 6.00. The van der Waals surface area contributed by atoms with Gasteiger partial charge in [-0.2, -0.15) is 9.61 Å². The molecule has 10 heteroatoms. The summed E-state index contributed by atoms with van der Waals surface area (Å²) in [5.41, 5.74) is 2.82. The van der Waals surface area contributed by atoms with Crippen molar-refractivity contribution in [3.63, 3.8) is 0 Å². The van der Waals surface area contributed by atoms with Gasteiger partial charge in [0.1, 0.15) is 22.7 Å². The number of nitrogens with zero attached hydrogens (tertiary/aromatic N) is 4. The summed E-state index contributed by atoms with van der Waals surface area (Å²) in [6.45, 7) is 0. The number of aromatic nitrogens is 4. The van der Waals surface area contributed by atoms with Gasteiger partial charge in [-0.15, -0.1) is 0 Å². The van der Waals surface area contributed by atoms with Gasteiger partial charge in [0.2, 0.25) is 0 Å². The second kappa shape index (κ2) is 6.74. The van der Waals surface area contributed by atoms with Crippen LogP contribution in [0.25, 0.3) is 16.7 Å². The third kappa shape index (κ3) is 2.93. The van der Waals surface area contributed by atoms with Crippen LogP contribution in [-0.2, 0) is 0 Å². The molecule has 3 aromatic heterocycles. The minimum Gasteiger partial charge on any atom is -0.443 e. The number of hydrogen-bond donors (Lipinski definition) is 4. The molecule has 1 aliphatic rings. The standard InChI is InChI=1S/C19H19N7O3/c1-20-16-7-15(23-12-3-2-4-14-17(12)21-9-29-14)25-18-10(8-22-26(16)18)19(28)24-11-5-6-13(11)27/h2-4,7-9,11,13,20,27H,5-6H2,1H3,(H,23,25)(H,24,28)/t11?,13-/m1/s1. The van der Waals surface area contributed by atoms with Gasteiger partial charge in [-0.25, -0.2) is 9.97 Å². The Bertz CT molecular complexity index is 1220. The van der Waals surface area contributed by atoms with E-state index < -0.39 is 6.10 Å². The molecule has 0 spiro atoms. The molecule has 5 rings (SSSR count). The number of rotatable bonds is 5. The van der Waals surface area contributed by atoms with Gasteiger partial charge in [0.05, 0.1) is 24.0 Å². The Hall–Kier alpha value is -3.66. The molecule has 0 bridgehead atoms. The first-order valence-corrected chi connectivity index (χ1v) is 9.29. The molecule has 1 fully saturated rings. The fourth-order valence-electron chi connectivity index (χ4n) is 3.39. The molecule has 0 saturated heterocycles. The highest BCUT2D eigenvalue weighted by Gasteiger charge is 2.31.